The maximum absolute atomic E-state index is 12.0. The number of sulfonamides is 1. The Morgan fingerprint density at radius 1 is 1.30 bits per heavy atom. The fraction of sp³-hybridized carbons (Fsp3) is 0.200. The van der Waals surface area contributed by atoms with Gasteiger partial charge in [-0.1, -0.05) is 30.7 Å². The average molecular weight is 355 g/mol. The molecule has 2 aromatic rings. The molecule has 1 aromatic heterocycles. The van der Waals surface area contributed by atoms with Crippen molar-refractivity contribution in [3.05, 3.63) is 58.9 Å². The first-order valence-electron chi connectivity index (χ1n) is 6.79. The number of esters is 1. The molecule has 0 amide bonds. The van der Waals surface area contributed by atoms with Gasteiger partial charge in [-0.05, 0) is 24.3 Å². The zero-order valence-corrected chi connectivity index (χ0v) is 13.9. The molecule has 6 nitrogen and oxygen atoms in total. The zero-order chi connectivity index (χ0) is 16.9. The molecule has 23 heavy (non-hydrogen) atoms. The van der Waals surface area contributed by atoms with Gasteiger partial charge in [-0.2, -0.15) is 0 Å². The summed E-state index contributed by atoms with van der Waals surface area (Å²) in [6.45, 7) is 1.96. The van der Waals surface area contributed by atoms with Gasteiger partial charge in [0.1, 0.15) is 11.8 Å². The van der Waals surface area contributed by atoms with Crippen LogP contribution in [0.1, 0.15) is 22.8 Å². The van der Waals surface area contributed by atoms with E-state index in [1.807, 2.05) is 0 Å². The van der Waals surface area contributed by atoms with Crippen molar-refractivity contribution in [2.75, 3.05) is 6.54 Å². The maximum Gasteiger partial charge on any atom is 0.338 e. The van der Waals surface area contributed by atoms with Gasteiger partial charge < -0.3 is 4.74 Å². The molecule has 0 saturated heterocycles. The standard InChI is InChI=1S/C15H15ClN2O4S/c1-2-18-23(20,21)13-5-3-4-12(8-13)15(19)22-10-11-6-7-14(16)17-9-11/h3-9,18H,2,10H2,1H3. The summed E-state index contributed by atoms with van der Waals surface area (Å²) in [5.74, 6) is -0.617. The van der Waals surface area contributed by atoms with Gasteiger partial charge >= 0.3 is 5.97 Å². The number of benzene rings is 1. The Bertz CT molecular complexity index is 791. The number of halogens is 1. The van der Waals surface area contributed by atoms with Gasteiger partial charge in [0, 0.05) is 18.3 Å². The number of rotatable bonds is 6. The molecule has 0 aliphatic carbocycles. The van der Waals surface area contributed by atoms with Crippen molar-refractivity contribution in [2.45, 2.75) is 18.4 Å². The lowest BCUT2D eigenvalue weighted by atomic mass is 10.2. The third kappa shape index (κ3) is 4.75. The van der Waals surface area contributed by atoms with Crippen molar-refractivity contribution < 1.29 is 17.9 Å². The molecule has 0 atom stereocenters. The number of nitrogens with zero attached hydrogens (tertiary/aromatic N) is 1. The van der Waals surface area contributed by atoms with Crippen LogP contribution < -0.4 is 4.72 Å². The van der Waals surface area contributed by atoms with Crippen LogP contribution in [-0.2, 0) is 21.4 Å². The van der Waals surface area contributed by atoms with Crippen molar-refractivity contribution >= 4 is 27.6 Å². The molecule has 0 saturated carbocycles. The molecule has 0 radical (unpaired) electrons. The highest BCUT2D eigenvalue weighted by molar-refractivity contribution is 7.89. The SMILES string of the molecule is CCNS(=O)(=O)c1cccc(C(=O)OCc2ccc(Cl)nc2)c1. The summed E-state index contributed by atoms with van der Waals surface area (Å²) in [6.07, 6.45) is 1.50. The Balaban J connectivity index is 2.09. The van der Waals surface area contributed by atoms with Crippen molar-refractivity contribution in [1.82, 2.24) is 9.71 Å². The van der Waals surface area contributed by atoms with Gasteiger partial charge in [-0.3, -0.25) is 0 Å². The van der Waals surface area contributed by atoms with Gasteiger partial charge in [-0.25, -0.2) is 22.9 Å². The Kier molecular flexibility index (Phi) is 5.70. The number of nitrogens with one attached hydrogen (secondary N) is 1. The van der Waals surface area contributed by atoms with E-state index in [0.717, 1.165) is 0 Å². The minimum Gasteiger partial charge on any atom is -0.457 e. The summed E-state index contributed by atoms with van der Waals surface area (Å²) in [6, 6.07) is 8.96. The monoisotopic (exact) mass is 354 g/mol. The molecule has 0 aliphatic heterocycles. The molecule has 1 aromatic carbocycles. The van der Waals surface area contributed by atoms with E-state index in [4.69, 9.17) is 16.3 Å². The topological polar surface area (TPSA) is 85.4 Å². The van der Waals surface area contributed by atoms with E-state index in [9.17, 15) is 13.2 Å². The first-order valence-corrected chi connectivity index (χ1v) is 8.66. The Morgan fingerprint density at radius 2 is 2.09 bits per heavy atom. The van der Waals surface area contributed by atoms with Gasteiger partial charge in [0.15, 0.2) is 0 Å². The predicted molar refractivity (Wildman–Crippen MR) is 85.7 cm³/mol. The summed E-state index contributed by atoms with van der Waals surface area (Å²) < 4.78 is 31.4. The van der Waals surface area contributed by atoms with Crippen molar-refractivity contribution in [2.24, 2.45) is 0 Å². The number of carbonyl (C=O) groups excluding carboxylic acids is 1. The predicted octanol–water partition coefficient (Wildman–Crippen LogP) is 2.39. The van der Waals surface area contributed by atoms with Crippen LogP contribution in [0.15, 0.2) is 47.5 Å². The molecule has 0 aliphatic rings. The third-order valence-corrected chi connectivity index (χ3v) is 4.64. The van der Waals surface area contributed by atoms with Crippen molar-refractivity contribution in [1.29, 1.82) is 0 Å². The van der Waals surface area contributed by atoms with E-state index in [0.29, 0.717) is 10.7 Å². The van der Waals surface area contributed by atoms with Gasteiger partial charge in [0.2, 0.25) is 10.0 Å². The largest absolute Gasteiger partial charge is 0.457 e. The van der Waals surface area contributed by atoms with E-state index >= 15 is 0 Å². The van der Waals surface area contributed by atoms with E-state index in [1.165, 1.54) is 30.5 Å². The van der Waals surface area contributed by atoms with E-state index < -0.39 is 16.0 Å². The molecule has 1 N–H and O–H groups in total. The highest BCUT2D eigenvalue weighted by Crippen LogP contribution is 2.13. The van der Waals surface area contributed by atoms with Gasteiger partial charge in [0.25, 0.3) is 0 Å². The zero-order valence-electron chi connectivity index (χ0n) is 12.3. The molecule has 1 heterocycles. The number of ether oxygens (including phenoxy) is 1. The Hall–Kier alpha value is -1.96. The molecule has 0 bridgehead atoms. The van der Waals surface area contributed by atoms with Crippen LogP contribution in [-0.4, -0.2) is 25.9 Å². The van der Waals surface area contributed by atoms with E-state index in [1.54, 1.807) is 19.1 Å². The number of carbonyl (C=O) groups is 1. The maximum atomic E-state index is 12.0. The van der Waals surface area contributed by atoms with Crippen LogP contribution in [0, 0.1) is 0 Å². The summed E-state index contributed by atoms with van der Waals surface area (Å²) in [7, 11) is -3.62. The fourth-order valence-electron chi connectivity index (χ4n) is 1.79. The molecule has 0 unspecified atom stereocenters. The minimum atomic E-state index is -3.62. The van der Waals surface area contributed by atoms with Crippen LogP contribution in [0.2, 0.25) is 5.15 Å². The molecular weight excluding hydrogens is 340 g/mol. The highest BCUT2D eigenvalue weighted by Gasteiger charge is 2.16. The summed E-state index contributed by atoms with van der Waals surface area (Å²) in [5.41, 5.74) is 0.838. The van der Waals surface area contributed by atoms with Crippen LogP contribution in [0.5, 0.6) is 0 Å². The summed E-state index contributed by atoms with van der Waals surface area (Å²) >= 11 is 5.67. The Labute approximate surface area is 139 Å². The van der Waals surface area contributed by atoms with E-state index in [2.05, 4.69) is 9.71 Å². The Morgan fingerprint density at radius 3 is 2.74 bits per heavy atom. The molecular formula is C15H15ClN2O4S. The third-order valence-electron chi connectivity index (χ3n) is 2.87. The highest BCUT2D eigenvalue weighted by atomic mass is 35.5. The molecule has 0 fully saturated rings. The van der Waals surface area contributed by atoms with Gasteiger partial charge in [-0.15, -0.1) is 0 Å². The lowest BCUT2D eigenvalue weighted by molar-refractivity contribution is 0.0472. The van der Waals surface area contributed by atoms with Crippen LogP contribution in [0.4, 0.5) is 0 Å². The van der Waals surface area contributed by atoms with Gasteiger partial charge in [0.05, 0.1) is 10.5 Å². The van der Waals surface area contributed by atoms with Crippen LogP contribution in [0.3, 0.4) is 0 Å². The van der Waals surface area contributed by atoms with Crippen molar-refractivity contribution in [3.63, 3.8) is 0 Å². The molecule has 8 heteroatoms. The number of hydrogen-bond donors (Lipinski definition) is 1. The van der Waals surface area contributed by atoms with Crippen LogP contribution >= 0.6 is 11.6 Å². The molecule has 122 valence electrons. The first kappa shape index (κ1) is 17.4. The average Bonchev–Trinajstić information content (AvgIpc) is 2.54. The number of pyridine rings is 1. The smallest absolute Gasteiger partial charge is 0.338 e. The lowest BCUT2D eigenvalue weighted by Gasteiger charge is -2.08. The quantitative estimate of drug-likeness (QED) is 0.636. The first-order chi connectivity index (χ1) is 10.9. The normalized spacial score (nSPS) is 11.2. The fourth-order valence-corrected chi connectivity index (χ4v) is 2.99. The molecule has 2 rings (SSSR count). The summed E-state index contributed by atoms with van der Waals surface area (Å²) in [4.78, 5) is 15.9. The number of hydrogen-bond acceptors (Lipinski definition) is 5. The van der Waals surface area contributed by atoms with E-state index in [-0.39, 0.29) is 23.6 Å². The number of aromatic nitrogens is 1. The van der Waals surface area contributed by atoms with Crippen molar-refractivity contribution in [3.8, 4) is 0 Å². The summed E-state index contributed by atoms with van der Waals surface area (Å²) in [5, 5.41) is 0.349. The second-order valence-corrected chi connectivity index (χ2v) is 6.75. The lowest BCUT2D eigenvalue weighted by Crippen LogP contribution is -2.23. The second kappa shape index (κ2) is 7.54. The minimum absolute atomic E-state index is 0.0157. The second-order valence-electron chi connectivity index (χ2n) is 4.59. The van der Waals surface area contributed by atoms with Crippen LogP contribution in [0.25, 0.3) is 0 Å². The molecule has 0 spiro atoms.